The third-order valence-electron chi connectivity index (χ3n) is 0. The topological polar surface area (TPSA) is 138 Å². The first kappa shape index (κ1) is 68.8. The van der Waals surface area contributed by atoms with Gasteiger partial charge < -0.3 is 90.7 Å². The predicted molar refractivity (Wildman–Crippen MR) is 67.1 cm³/mol. The molecule has 0 saturated carbocycles. The number of halogens is 5. The molecule has 0 aliphatic rings. The molecule has 0 aromatic carbocycles. The molecule has 0 heterocycles. The second-order valence-electron chi connectivity index (χ2n) is 2.50. The molecular formula is C10H40Cl5N5. The molecule has 15 N–H and O–H groups in total. The van der Waals surface area contributed by atoms with Crippen LogP contribution in [0.15, 0.2) is 0 Å². The van der Waals surface area contributed by atoms with Crippen molar-refractivity contribution in [2.75, 3.05) is 32.7 Å². The zero-order chi connectivity index (χ0) is 13.5. The summed E-state index contributed by atoms with van der Waals surface area (Å²) in [6, 6.07) is 0. The van der Waals surface area contributed by atoms with Crippen molar-refractivity contribution in [3.63, 3.8) is 0 Å². The average Bonchev–Trinajstić information content (AvgIpc) is 2.09. The minimum Gasteiger partial charge on any atom is -1.00 e. The number of quaternary nitrogens is 5. The quantitative estimate of drug-likeness (QED) is 0.260. The summed E-state index contributed by atoms with van der Waals surface area (Å²) >= 11 is 0. The molecule has 0 saturated heterocycles. The molecule has 0 unspecified atom stereocenters. The van der Waals surface area contributed by atoms with Crippen LogP contribution in [0, 0.1) is 0 Å². The number of rotatable bonds is 0. The van der Waals surface area contributed by atoms with E-state index < -0.39 is 0 Å². The van der Waals surface area contributed by atoms with E-state index in [0.717, 1.165) is 32.7 Å². The van der Waals surface area contributed by atoms with Crippen molar-refractivity contribution < 1.29 is 90.7 Å². The molecule has 20 heavy (non-hydrogen) atoms. The smallest absolute Gasteiger partial charge is 0.0711 e. The molecule has 0 aliphatic heterocycles. The molecule has 0 aromatic rings. The second-order valence-corrected chi connectivity index (χ2v) is 2.50. The summed E-state index contributed by atoms with van der Waals surface area (Å²) in [5.41, 5.74) is 17.4. The van der Waals surface area contributed by atoms with Gasteiger partial charge in [0.2, 0.25) is 0 Å². The van der Waals surface area contributed by atoms with E-state index in [0.29, 0.717) is 0 Å². The highest BCUT2D eigenvalue weighted by Gasteiger charge is 1.38. The van der Waals surface area contributed by atoms with Gasteiger partial charge in [0.25, 0.3) is 0 Å². The fourth-order valence-corrected chi connectivity index (χ4v) is 0. The maximum absolute atomic E-state index is 3.49. The summed E-state index contributed by atoms with van der Waals surface area (Å²) in [5.74, 6) is 0. The van der Waals surface area contributed by atoms with Crippen LogP contribution in [0.25, 0.3) is 0 Å². The van der Waals surface area contributed by atoms with Crippen LogP contribution in [0.4, 0.5) is 0 Å². The van der Waals surface area contributed by atoms with Crippen LogP contribution in [0.5, 0.6) is 0 Å². The summed E-state index contributed by atoms with van der Waals surface area (Å²) < 4.78 is 0. The van der Waals surface area contributed by atoms with Gasteiger partial charge in [0, 0.05) is 0 Å². The van der Waals surface area contributed by atoms with E-state index in [-0.39, 0.29) is 62.0 Å². The molecule has 0 bridgehead atoms. The minimum absolute atomic E-state index is 0. The van der Waals surface area contributed by atoms with Crippen molar-refractivity contribution in [3.05, 3.63) is 0 Å². The molecule has 0 spiro atoms. The SMILES string of the molecule is CC[NH3+].CC[NH3+].CC[NH3+].CC[NH3+].CC[NH3+].[Cl-].[Cl-].[Cl-].[Cl-].[Cl-]. The van der Waals surface area contributed by atoms with Crippen molar-refractivity contribution in [1.29, 1.82) is 0 Å². The molecule has 0 rings (SSSR count). The Balaban J connectivity index is -0.00000000735. The number of hydrogen-bond acceptors (Lipinski definition) is 0. The van der Waals surface area contributed by atoms with Gasteiger partial charge in [-0.2, -0.15) is 0 Å². The standard InChI is InChI=1S/5C2H7N.5ClH/c5*1-2-3;;;;;/h5*2-3H2,1H3;5*1H. The maximum Gasteiger partial charge on any atom is 0.0711 e. The van der Waals surface area contributed by atoms with E-state index in [2.05, 4.69) is 28.7 Å². The molecule has 0 atom stereocenters. The van der Waals surface area contributed by atoms with Gasteiger partial charge in [-0.15, -0.1) is 0 Å². The molecule has 0 amide bonds. The number of hydrogen-bond donors (Lipinski definition) is 5. The van der Waals surface area contributed by atoms with Crippen molar-refractivity contribution in [2.24, 2.45) is 0 Å². The van der Waals surface area contributed by atoms with Crippen molar-refractivity contribution in [1.82, 2.24) is 0 Å². The molecule has 5 nitrogen and oxygen atoms in total. The van der Waals surface area contributed by atoms with Crippen molar-refractivity contribution in [3.8, 4) is 0 Å². The van der Waals surface area contributed by atoms with Crippen LogP contribution in [-0.2, 0) is 0 Å². The molecule has 0 aliphatic carbocycles. The van der Waals surface area contributed by atoms with Gasteiger partial charge in [-0.05, 0) is 34.6 Å². The Morgan fingerprint density at radius 1 is 0.350 bits per heavy atom. The van der Waals surface area contributed by atoms with Crippen LogP contribution >= 0.6 is 0 Å². The van der Waals surface area contributed by atoms with Crippen LogP contribution in [-0.4, -0.2) is 32.7 Å². The molecule has 10 heteroatoms. The lowest BCUT2D eigenvalue weighted by Gasteiger charge is -1.49. The summed E-state index contributed by atoms with van der Waals surface area (Å²) in [4.78, 5) is 0. The van der Waals surface area contributed by atoms with E-state index >= 15 is 0 Å². The normalized spacial score (nSPS) is 4.50. The van der Waals surface area contributed by atoms with Crippen molar-refractivity contribution >= 4 is 0 Å². The van der Waals surface area contributed by atoms with E-state index in [1.54, 1.807) is 0 Å². The first-order valence-corrected chi connectivity index (χ1v) is 6.04. The van der Waals surface area contributed by atoms with Crippen LogP contribution < -0.4 is 90.7 Å². The first-order chi connectivity index (χ1) is 7.07. The zero-order valence-corrected chi connectivity index (χ0v) is 17.7. The lowest BCUT2D eigenvalue weighted by atomic mass is 10.8. The van der Waals surface area contributed by atoms with Crippen molar-refractivity contribution in [2.45, 2.75) is 34.6 Å². The largest absolute Gasteiger partial charge is 1.00 e. The second kappa shape index (κ2) is 192. The Bertz CT molecular complexity index is 41.6. The Labute approximate surface area is 158 Å². The highest BCUT2D eigenvalue weighted by molar-refractivity contribution is 3.80. The van der Waals surface area contributed by atoms with Gasteiger partial charge in [0.15, 0.2) is 0 Å². The Hall–Kier alpha value is 1.25. The average molecular weight is 408 g/mol. The molecule has 0 radical (unpaired) electrons. The predicted octanol–water partition coefficient (Wildman–Crippen LogP) is -18.7. The van der Waals surface area contributed by atoms with Gasteiger partial charge in [0.05, 0.1) is 32.7 Å². The lowest BCUT2D eigenvalue weighted by molar-refractivity contribution is -0.362. The highest BCUT2D eigenvalue weighted by Crippen LogP contribution is 1.14. The molecule has 0 aromatic heterocycles. The fraction of sp³-hybridized carbons (Fsp3) is 1.00. The van der Waals surface area contributed by atoms with E-state index in [1.807, 2.05) is 34.6 Å². The fourth-order valence-electron chi connectivity index (χ4n) is 0. The molecule has 140 valence electrons. The maximum atomic E-state index is 3.49. The summed E-state index contributed by atoms with van der Waals surface area (Å²) in [6.07, 6.45) is 0. The van der Waals surface area contributed by atoms with Gasteiger partial charge in [0.1, 0.15) is 0 Å². The summed E-state index contributed by atoms with van der Waals surface area (Å²) in [6.45, 7) is 15.1. The first-order valence-electron chi connectivity index (χ1n) is 6.04. The lowest BCUT2D eigenvalue weighted by Crippen LogP contribution is -3.00. The Morgan fingerprint density at radius 3 is 0.350 bits per heavy atom. The summed E-state index contributed by atoms with van der Waals surface area (Å²) in [5, 5.41) is 0. The van der Waals surface area contributed by atoms with Gasteiger partial charge in [-0.3, -0.25) is 0 Å². The Kier molecular flexibility index (Phi) is 661. The monoisotopic (exact) mass is 405 g/mol. The molecular weight excluding hydrogens is 367 g/mol. The van der Waals surface area contributed by atoms with Crippen LogP contribution in [0.2, 0.25) is 0 Å². The van der Waals surface area contributed by atoms with Gasteiger partial charge in [-0.25, -0.2) is 0 Å². The zero-order valence-electron chi connectivity index (χ0n) is 14.0. The minimum atomic E-state index is 0. The van der Waals surface area contributed by atoms with E-state index in [9.17, 15) is 0 Å². The third-order valence-corrected chi connectivity index (χ3v) is 0. The van der Waals surface area contributed by atoms with E-state index in [1.165, 1.54) is 0 Å². The highest BCUT2D eigenvalue weighted by atomic mass is 35.5. The third kappa shape index (κ3) is 4100. The summed E-state index contributed by atoms with van der Waals surface area (Å²) in [7, 11) is 0. The van der Waals surface area contributed by atoms with Crippen LogP contribution in [0.1, 0.15) is 34.6 Å². The van der Waals surface area contributed by atoms with E-state index in [4.69, 9.17) is 0 Å². The van der Waals surface area contributed by atoms with Gasteiger partial charge in [-0.1, -0.05) is 0 Å². The molecule has 0 fully saturated rings. The van der Waals surface area contributed by atoms with Crippen LogP contribution in [0.3, 0.4) is 0 Å². The Morgan fingerprint density at radius 2 is 0.350 bits per heavy atom. The van der Waals surface area contributed by atoms with Gasteiger partial charge >= 0.3 is 0 Å².